The summed E-state index contributed by atoms with van der Waals surface area (Å²) in [4.78, 5) is 40.2. The third kappa shape index (κ3) is 2.78. The second-order valence-corrected chi connectivity index (χ2v) is 7.34. The van der Waals surface area contributed by atoms with Gasteiger partial charge in [-0.15, -0.1) is 0 Å². The van der Waals surface area contributed by atoms with Gasteiger partial charge >= 0.3 is 11.6 Å². The molecule has 1 aliphatic rings. The number of pyridine rings is 1. The molecule has 3 heterocycles. The third-order valence-corrected chi connectivity index (χ3v) is 5.52. The molecule has 30 heavy (non-hydrogen) atoms. The summed E-state index contributed by atoms with van der Waals surface area (Å²) in [6, 6.07) is 12.0. The van der Waals surface area contributed by atoms with Crippen molar-refractivity contribution < 1.29 is 18.7 Å². The highest BCUT2D eigenvalue weighted by atomic mass is 16.5. The number of aromatic nitrogens is 1. The Bertz CT molecular complexity index is 1460. The van der Waals surface area contributed by atoms with Gasteiger partial charge in [-0.05, 0) is 48.2 Å². The third-order valence-electron chi connectivity index (χ3n) is 5.52. The second kappa shape index (κ2) is 6.59. The van der Waals surface area contributed by atoms with Gasteiger partial charge in [-0.25, -0.2) is 4.79 Å². The lowest BCUT2D eigenvalue weighted by molar-refractivity contribution is -0.135. The van der Waals surface area contributed by atoms with Crippen LogP contribution in [0.2, 0.25) is 0 Å². The van der Waals surface area contributed by atoms with Gasteiger partial charge in [0, 0.05) is 34.6 Å². The van der Waals surface area contributed by atoms with Crippen LogP contribution in [0.25, 0.3) is 21.9 Å². The van der Waals surface area contributed by atoms with Crippen molar-refractivity contribution in [2.24, 2.45) is 0 Å². The van der Waals surface area contributed by atoms with E-state index in [0.717, 1.165) is 16.3 Å². The van der Waals surface area contributed by atoms with E-state index < -0.39 is 17.5 Å². The lowest BCUT2D eigenvalue weighted by atomic mass is 9.85. The number of aromatic amines is 1. The number of nitrogens with one attached hydrogen (secondary N) is 1. The highest BCUT2D eigenvalue weighted by Crippen LogP contribution is 2.42. The van der Waals surface area contributed by atoms with E-state index in [1.807, 2.05) is 13.0 Å². The quantitative estimate of drug-likeness (QED) is 0.313. The number of hydrogen-bond donors (Lipinski definition) is 1. The molecule has 0 fully saturated rings. The monoisotopic (exact) mass is 403 g/mol. The van der Waals surface area contributed by atoms with Crippen molar-refractivity contribution >= 4 is 27.8 Å². The average molecular weight is 403 g/mol. The highest BCUT2D eigenvalue weighted by Gasteiger charge is 2.33. The molecule has 1 aliphatic heterocycles. The fourth-order valence-corrected chi connectivity index (χ4v) is 4.09. The molecule has 1 N–H and O–H groups in total. The molecule has 0 spiro atoms. The first-order valence-electron chi connectivity index (χ1n) is 9.43. The summed E-state index contributed by atoms with van der Waals surface area (Å²) >= 11 is 0. The molecule has 0 aliphatic carbocycles. The molecule has 0 unspecified atom stereocenters. The molecule has 0 saturated heterocycles. The lowest BCUT2D eigenvalue weighted by Gasteiger charge is -2.25. The normalized spacial score (nSPS) is 15.8. The number of aryl methyl sites for hydroxylation is 1. The minimum Gasteiger partial charge on any atom is -0.497 e. The molecule has 0 radical (unpaired) electrons. The van der Waals surface area contributed by atoms with E-state index >= 15 is 0 Å². The number of H-pyrrole nitrogens is 1. The first-order chi connectivity index (χ1) is 14.4. The number of methoxy groups -OCH3 is 1. The van der Waals surface area contributed by atoms with Crippen LogP contribution in [0.5, 0.6) is 11.5 Å². The minimum absolute atomic E-state index is 0.0332. The molecular weight excluding hydrogens is 386 g/mol. The number of ether oxygens (including phenoxy) is 2. The Labute approximate surface area is 169 Å². The predicted molar refractivity (Wildman–Crippen MR) is 110 cm³/mol. The number of fused-ring (bicyclic) bond motifs is 4. The van der Waals surface area contributed by atoms with Crippen molar-refractivity contribution in [2.45, 2.75) is 19.3 Å². The molecule has 0 amide bonds. The molecule has 0 saturated carbocycles. The zero-order valence-electron chi connectivity index (χ0n) is 16.3. The maximum absolute atomic E-state index is 13.0. The van der Waals surface area contributed by atoms with Gasteiger partial charge in [-0.2, -0.15) is 0 Å². The fraction of sp³-hybridized carbons (Fsp3) is 0.174. The zero-order valence-corrected chi connectivity index (χ0v) is 16.3. The standard InChI is InChI=1S/C23H17NO6/c1-11-7-19(25)30-22-14(11)5-6-18-21(22)15(10-20(26)29-18)16-8-12-3-4-13(28-2)9-17(12)24-23(16)27/h3-9,15H,10H2,1-2H3,(H,24,27)/t15-/m1/s1. The summed E-state index contributed by atoms with van der Waals surface area (Å²) < 4.78 is 16.1. The Morgan fingerprint density at radius 2 is 1.90 bits per heavy atom. The van der Waals surface area contributed by atoms with Gasteiger partial charge in [0.15, 0.2) is 0 Å². The van der Waals surface area contributed by atoms with E-state index in [9.17, 15) is 14.4 Å². The summed E-state index contributed by atoms with van der Waals surface area (Å²) in [6.07, 6.45) is -0.0332. The Morgan fingerprint density at radius 1 is 1.07 bits per heavy atom. The Hall–Kier alpha value is -3.87. The van der Waals surface area contributed by atoms with Crippen molar-refractivity contribution in [1.82, 2.24) is 4.98 Å². The van der Waals surface area contributed by atoms with Gasteiger partial charge in [0.1, 0.15) is 17.1 Å². The van der Waals surface area contributed by atoms with Crippen LogP contribution in [0.4, 0.5) is 0 Å². The number of carbonyl (C=O) groups is 1. The average Bonchev–Trinajstić information content (AvgIpc) is 2.71. The maximum atomic E-state index is 13.0. The topological polar surface area (TPSA) is 98.6 Å². The first-order valence-corrected chi connectivity index (χ1v) is 9.43. The summed E-state index contributed by atoms with van der Waals surface area (Å²) in [6.45, 7) is 1.81. The van der Waals surface area contributed by atoms with Crippen LogP contribution in [0.1, 0.15) is 29.0 Å². The van der Waals surface area contributed by atoms with Crippen molar-refractivity contribution in [3.63, 3.8) is 0 Å². The first kappa shape index (κ1) is 18.2. The summed E-state index contributed by atoms with van der Waals surface area (Å²) in [7, 11) is 1.55. The number of hydrogen-bond acceptors (Lipinski definition) is 6. The number of rotatable bonds is 2. The van der Waals surface area contributed by atoms with Crippen molar-refractivity contribution in [3.05, 3.63) is 79.9 Å². The SMILES string of the molecule is COc1ccc2cc([C@H]3CC(=O)Oc4ccc5c(C)cc(=O)oc5c43)c(=O)[nH]c2c1. The summed E-state index contributed by atoms with van der Waals surface area (Å²) in [5.74, 6) is -0.131. The van der Waals surface area contributed by atoms with E-state index in [4.69, 9.17) is 13.9 Å². The van der Waals surface area contributed by atoms with Crippen LogP contribution >= 0.6 is 0 Å². The molecule has 2 aromatic heterocycles. The lowest BCUT2D eigenvalue weighted by Crippen LogP contribution is -2.26. The molecule has 5 rings (SSSR count). The summed E-state index contributed by atoms with van der Waals surface area (Å²) in [5, 5.41) is 1.53. The van der Waals surface area contributed by atoms with Gasteiger partial charge in [0.2, 0.25) is 0 Å². The van der Waals surface area contributed by atoms with Crippen molar-refractivity contribution in [1.29, 1.82) is 0 Å². The van der Waals surface area contributed by atoms with Crippen LogP contribution in [-0.4, -0.2) is 18.1 Å². The Morgan fingerprint density at radius 3 is 2.70 bits per heavy atom. The molecule has 1 atom stereocenters. The van der Waals surface area contributed by atoms with E-state index in [1.54, 1.807) is 37.4 Å². The maximum Gasteiger partial charge on any atom is 0.336 e. The minimum atomic E-state index is -0.606. The van der Waals surface area contributed by atoms with Crippen LogP contribution in [0, 0.1) is 6.92 Å². The Kier molecular flexibility index (Phi) is 3.99. The highest BCUT2D eigenvalue weighted by molar-refractivity contribution is 5.90. The second-order valence-electron chi connectivity index (χ2n) is 7.34. The van der Waals surface area contributed by atoms with Crippen molar-refractivity contribution in [2.75, 3.05) is 7.11 Å². The number of carbonyl (C=O) groups excluding carboxylic acids is 1. The smallest absolute Gasteiger partial charge is 0.336 e. The van der Waals surface area contributed by atoms with E-state index in [2.05, 4.69) is 4.98 Å². The molecule has 150 valence electrons. The van der Waals surface area contributed by atoms with E-state index in [-0.39, 0.29) is 12.0 Å². The molecule has 7 nitrogen and oxygen atoms in total. The zero-order chi connectivity index (χ0) is 21.0. The van der Waals surface area contributed by atoms with Gasteiger partial charge < -0.3 is 18.9 Å². The van der Waals surface area contributed by atoms with Crippen LogP contribution in [-0.2, 0) is 4.79 Å². The number of esters is 1. The van der Waals surface area contributed by atoms with Gasteiger partial charge in [-0.1, -0.05) is 0 Å². The van der Waals surface area contributed by atoms with Gasteiger partial charge in [0.25, 0.3) is 5.56 Å². The molecular formula is C23H17NO6. The molecule has 7 heteroatoms. The fourth-order valence-electron chi connectivity index (χ4n) is 4.09. The van der Waals surface area contributed by atoms with Gasteiger partial charge in [-0.3, -0.25) is 9.59 Å². The van der Waals surface area contributed by atoms with Crippen LogP contribution in [0.3, 0.4) is 0 Å². The molecule has 0 bridgehead atoms. The van der Waals surface area contributed by atoms with Crippen molar-refractivity contribution in [3.8, 4) is 11.5 Å². The largest absolute Gasteiger partial charge is 0.497 e. The van der Waals surface area contributed by atoms with E-state index in [1.165, 1.54) is 6.07 Å². The predicted octanol–water partition coefficient (Wildman–Crippen LogP) is 3.39. The number of benzene rings is 2. The van der Waals surface area contributed by atoms with E-state index in [0.29, 0.717) is 33.7 Å². The summed E-state index contributed by atoms with van der Waals surface area (Å²) in [5.41, 5.74) is 1.83. The molecule has 4 aromatic rings. The van der Waals surface area contributed by atoms with Crippen LogP contribution in [0.15, 0.2) is 56.5 Å². The van der Waals surface area contributed by atoms with Crippen LogP contribution < -0.4 is 20.7 Å². The molecule has 2 aromatic carbocycles. The Balaban J connectivity index is 1.80. The van der Waals surface area contributed by atoms with Gasteiger partial charge in [0.05, 0.1) is 19.0 Å².